The number of hydrogen-bond acceptors (Lipinski definition) is 5. The Morgan fingerprint density at radius 3 is 1.26 bits per heavy atom. The summed E-state index contributed by atoms with van der Waals surface area (Å²) in [6, 6.07) is 8.31. The molecule has 1 aliphatic heterocycles. The van der Waals surface area contributed by atoms with Crippen LogP contribution < -0.4 is 9.47 Å². The SMILES string of the molecule is CCCCCCCCCCCN(C)C1CCCOCCCC(N(C)CCCCCCCCCCC)Oc2ccccc2O1. The van der Waals surface area contributed by atoms with Gasteiger partial charge in [0.1, 0.15) is 0 Å². The van der Waals surface area contributed by atoms with Crippen molar-refractivity contribution in [1.82, 2.24) is 9.80 Å². The van der Waals surface area contributed by atoms with E-state index in [9.17, 15) is 0 Å². The Kier molecular flexibility index (Phi) is 22.9. The molecule has 1 aromatic carbocycles. The molecule has 0 saturated heterocycles. The second kappa shape index (κ2) is 26.0. The molecular weight excluding hydrogens is 532 g/mol. The second-order valence-electron chi connectivity index (χ2n) is 13.1. The van der Waals surface area contributed by atoms with Crippen molar-refractivity contribution >= 4 is 0 Å². The number of fused-ring (bicyclic) bond motifs is 1. The Hall–Kier alpha value is -1.30. The molecule has 0 fully saturated rings. The Morgan fingerprint density at radius 2 is 0.884 bits per heavy atom. The van der Waals surface area contributed by atoms with Crippen LogP contribution in [0.15, 0.2) is 24.3 Å². The van der Waals surface area contributed by atoms with Gasteiger partial charge < -0.3 is 14.2 Å². The molecule has 0 saturated carbocycles. The quantitative estimate of drug-likeness (QED) is 0.123. The lowest BCUT2D eigenvalue weighted by Crippen LogP contribution is -2.38. The van der Waals surface area contributed by atoms with Gasteiger partial charge >= 0.3 is 0 Å². The molecule has 0 spiro atoms. The van der Waals surface area contributed by atoms with E-state index < -0.39 is 0 Å². The van der Waals surface area contributed by atoms with Crippen LogP contribution in [0.1, 0.15) is 155 Å². The van der Waals surface area contributed by atoms with Crippen LogP contribution in [-0.4, -0.2) is 62.7 Å². The van der Waals surface area contributed by atoms with E-state index in [4.69, 9.17) is 14.2 Å². The van der Waals surface area contributed by atoms with E-state index in [0.29, 0.717) is 0 Å². The van der Waals surface area contributed by atoms with Crippen LogP contribution in [0.4, 0.5) is 0 Å². The lowest BCUT2D eigenvalue weighted by Gasteiger charge is -2.31. The molecule has 1 heterocycles. The molecule has 250 valence electrons. The summed E-state index contributed by atoms with van der Waals surface area (Å²) >= 11 is 0. The standard InChI is InChI=1S/C38H70N2O3/c1-5-7-9-11-13-15-17-19-23-31-39(3)37-29-25-33-41-34-26-30-38(43-36-28-22-21-27-35(36)42-37)40(4)32-24-20-18-16-14-12-10-8-6-2/h21-22,27-28,37-38H,5-20,23-26,29-34H2,1-4H3. The fourth-order valence-corrected chi connectivity index (χ4v) is 6.13. The molecule has 0 amide bonds. The zero-order valence-electron chi connectivity index (χ0n) is 29.0. The van der Waals surface area contributed by atoms with Crippen molar-refractivity contribution in [2.75, 3.05) is 40.4 Å². The zero-order chi connectivity index (χ0) is 30.8. The Morgan fingerprint density at radius 1 is 0.535 bits per heavy atom. The minimum atomic E-state index is 0.0290. The van der Waals surface area contributed by atoms with Crippen molar-refractivity contribution in [3.8, 4) is 11.5 Å². The molecule has 43 heavy (non-hydrogen) atoms. The summed E-state index contributed by atoms with van der Waals surface area (Å²) in [6.45, 7) is 8.30. The highest BCUT2D eigenvalue weighted by Crippen LogP contribution is 2.31. The smallest absolute Gasteiger partial charge is 0.163 e. The highest BCUT2D eigenvalue weighted by atomic mass is 16.5. The monoisotopic (exact) mass is 603 g/mol. The maximum atomic E-state index is 6.72. The van der Waals surface area contributed by atoms with E-state index in [2.05, 4.69) is 62.0 Å². The summed E-state index contributed by atoms with van der Waals surface area (Å²) in [5.74, 6) is 1.74. The van der Waals surface area contributed by atoms with Gasteiger partial charge in [-0.25, -0.2) is 0 Å². The van der Waals surface area contributed by atoms with Gasteiger partial charge in [0.05, 0.1) is 0 Å². The summed E-state index contributed by atoms with van der Waals surface area (Å²) in [5.41, 5.74) is 0. The van der Waals surface area contributed by atoms with Crippen molar-refractivity contribution in [2.24, 2.45) is 0 Å². The minimum absolute atomic E-state index is 0.0290. The summed E-state index contributed by atoms with van der Waals surface area (Å²) in [5, 5.41) is 0. The number of rotatable bonds is 22. The van der Waals surface area contributed by atoms with E-state index in [-0.39, 0.29) is 12.5 Å². The number of benzene rings is 1. The largest absolute Gasteiger partial charge is 0.471 e. The maximum Gasteiger partial charge on any atom is 0.163 e. The van der Waals surface area contributed by atoms with Crippen LogP contribution in [0.3, 0.4) is 0 Å². The molecule has 5 nitrogen and oxygen atoms in total. The van der Waals surface area contributed by atoms with Gasteiger partial charge in [-0.15, -0.1) is 0 Å². The van der Waals surface area contributed by atoms with Gasteiger partial charge in [0.15, 0.2) is 24.0 Å². The van der Waals surface area contributed by atoms with Crippen molar-refractivity contribution in [2.45, 2.75) is 168 Å². The predicted molar refractivity (Wildman–Crippen MR) is 184 cm³/mol. The lowest BCUT2D eigenvalue weighted by atomic mass is 10.1. The van der Waals surface area contributed by atoms with Gasteiger partial charge in [-0.1, -0.05) is 129 Å². The van der Waals surface area contributed by atoms with Crippen LogP contribution in [0.2, 0.25) is 0 Å². The van der Waals surface area contributed by atoms with E-state index >= 15 is 0 Å². The van der Waals surface area contributed by atoms with Crippen LogP contribution in [0, 0.1) is 0 Å². The zero-order valence-corrected chi connectivity index (χ0v) is 29.0. The molecule has 0 aliphatic carbocycles. The van der Waals surface area contributed by atoms with Gasteiger partial charge in [-0.05, 0) is 51.9 Å². The highest BCUT2D eigenvalue weighted by molar-refractivity contribution is 5.39. The van der Waals surface area contributed by atoms with E-state index in [1.54, 1.807) is 0 Å². The van der Waals surface area contributed by atoms with E-state index in [1.165, 1.54) is 116 Å². The van der Waals surface area contributed by atoms with Crippen LogP contribution in [0.5, 0.6) is 11.5 Å². The predicted octanol–water partition coefficient (Wildman–Crippen LogP) is 10.6. The first-order chi connectivity index (χ1) is 21.2. The molecule has 1 aromatic rings. The van der Waals surface area contributed by atoms with Crippen molar-refractivity contribution in [3.63, 3.8) is 0 Å². The number of unbranched alkanes of at least 4 members (excludes halogenated alkanes) is 16. The summed E-state index contributed by atoms with van der Waals surface area (Å²) in [4.78, 5) is 4.82. The molecular formula is C38H70N2O3. The summed E-state index contributed by atoms with van der Waals surface area (Å²) in [6.07, 6.45) is 28.4. The van der Waals surface area contributed by atoms with Crippen molar-refractivity contribution in [3.05, 3.63) is 24.3 Å². The molecule has 2 atom stereocenters. The average Bonchev–Trinajstić information content (AvgIpc) is 3.03. The average molecular weight is 603 g/mol. The Labute approximate surface area is 267 Å². The second-order valence-corrected chi connectivity index (χ2v) is 13.1. The highest BCUT2D eigenvalue weighted by Gasteiger charge is 2.22. The number of nitrogens with zero attached hydrogens (tertiary/aromatic N) is 2. The molecule has 5 heteroatoms. The number of ether oxygens (including phenoxy) is 3. The van der Waals surface area contributed by atoms with Crippen molar-refractivity contribution < 1.29 is 14.2 Å². The molecule has 0 radical (unpaired) electrons. The first-order valence-electron chi connectivity index (χ1n) is 18.6. The van der Waals surface area contributed by atoms with Crippen LogP contribution in [-0.2, 0) is 4.74 Å². The Balaban J connectivity index is 1.86. The first kappa shape index (κ1) is 37.9. The van der Waals surface area contributed by atoms with Crippen LogP contribution >= 0.6 is 0 Å². The summed E-state index contributed by atoms with van der Waals surface area (Å²) in [7, 11) is 4.44. The molecule has 2 unspecified atom stereocenters. The minimum Gasteiger partial charge on any atom is -0.471 e. The summed E-state index contributed by atoms with van der Waals surface area (Å²) < 4.78 is 19.5. The van der Waals surface area contributed by atoms with Gasteiger partial charge in [-0.3, -0.25) is 9.80 Å². The van der Waals surface area contributed by atoms with Crippen LogP contribution in [0.25, 0.3) is 0 Å². The molecule has 0 aromatic heterocycles. The fraction of sp³-hybridized carbons (Fsp3) is 0.842. The third-order valence-corrected chi connectivity index (χ3v) is 9.07. The first-order valence-corrected chi connectivity index (χ1v) is 18.6. The van der Waals surface area contributed by atoms with Gasteiger partial charge in [0, 0.05) is 39.1 Å². The van der Waals surface area contributed by atoms with Gasteiger partial charge in [-0.2, -0.15) is 0 Å². The molecule has 0 N–H and O–H groups in total. The fourth-order valence-electron chi connectivity index (χ4n) is 6.13. The third-order valence-electron chi connectivity index (χ3n) is 9.07. The molecule has 0 bridgehead atoms. The number of hydrogen-bond donors (Lipinski definition) is 0. The van der Waals surface area contributed by atoms with Gasteiger partial charge in [0.25, 0.3) is 0 Å². The van der Waals surface area contributed by atoms with Gasteiger partial charge in [0.2, 0.25) is 0 Å². The molecule has 1 aliphatic rings. The molecule has 2 rings (SSSR count). The lowest BCUT2D eigenvalue weighted by molar-refractivity contribution is 0.0154. The normalized spacial score (nSPS) is 18.4. The topological polar surface area (TPSA) is 34.2 Å². The maximum absolute atomic E-state index is 6.72. The van der Waals surface area contributed by atoms with Crippen molar-refractivity contribution in [1.29, 1.82) is 0 Å². The number of para-hydroxylation sites is 2. The van der Waals surface area contributed by atoms with E-state index in [0.717, 1.165) is 63.5 Å². The Bertz CT molecular complexity index is 699. The van der Waals surface area contributed by atoms with E-state index in [1.807, 2.05) is 0 Å². The third kappa shape index (κ3) is 18.3.